The van der Waals surface area contributed by atoms with Gasteiger partial charge in [-0.3, -0.25) is 10.1 Å². The van der Waals surface area contributed by atoms with Crippen molar-refractivity contribution in [3.63, 3.8) is 0 Å². The summed E-state index contributed by atoms with van der Waals surface area (Å²) in [5.74, 6) is 1.14. The summed E-state index contributed by atoms with van der Waals surface area (Å²) in [7, 11) is 0. The van der Waals surface area contributed by atoms with Gasteiger partial charge < -0.3 is 19.9 Å². The van der Waals surface area contributed by atoms with Crippen LogP contribution in [0.4, 0.5) is 16.4 Å². The highest BCUT2D eigenvalue weighted by Crippen LogP contribution is 2.41. The minimum absolute atomic E-state index is 0.130. The number of anilines is 2. The highest BCUT2D eigenvalue weighted by atomic mass is 35.5. The summed E-state index contributed by atoms with van der Waals surface area (Å²) in [6.07, 6.45) is 2.49. The summed E-state index contributed by atoms with van der Waals surface area (Å²) in [5, 5.41) is 6.78. The molecule has 2 fully saturated rings. The molecule has 2 amide bonds. The number of ether oxygens (including phenoxy) is 1. The monoisotopic (exact) mass is 498 g/mol. The van der Waals surface area contributed by atoms with Gasteiger partial charge in [-0.15, -0.1) is 0 Å². The van der Waals surface area contributed by atoms with E-state index in [2.05, 4.69) is 39.3 Å². The maximum Gasteiger partial charge on any atom is 0.413 e. The largest absolute Gasteiger partial charge is 0.441 e. The molecule has 0 aliphatic carbocycles. The Bertz CT molecular complexity index is 1100. The lowest BCUT2D eigenvalue weighted by atomic mass is 9.96. The third-order valence-corrected chi connectivity index (χ3v) is 7.36. The number of likely N-dealkylation sites (tertiary alicyclic amines) is 1. The van der Waals surface area contributed by atoms with Crippen LogP contribution in [0, 0.1) is 0 Å². The van der Waals surface area contributed by atoms with E-state index in [4.69, 9.17) is 16.3 Å². The van der Waals surface area contributed by atoms with Gasteiger partial charge in [0.2, 0.25) is 5.91 Å². The molecule has 4 heterocycles. The number of nitrogens with zero attached hydrogens (tertiary/aromatic N) is 4. The number of carbonyl (C=O) groups is 2. The van der Waals surface area contributed by atoms with E-state index in [0.717, 1.165) is 29.8 Å². The second-order valence-electron chi connectivity index (χ2n) is 9.83. The average molecular weight is 499 g/mol. The van der Waals surface area contributed by atoms with Gasteiger partial charge in [0.25, 0.3) is 0 Å². The summed E-state index contributed by atoms with van der Waals surface area (Å²) in [6.45, 7) is 7.82. The lowest BCUT2D eigenvalue weighted by Crippen LogP contribution is -2.57. The number of rotatable bonds is 6. The number of piperazine rings is 1. The predicted molar refractivity (Wildman–Crippen MR) is 134 cm³/mol. The Hall–Kier alpha value is -2.91. The van der Waals surface area contributed by atoms with Crippen LogP contribution in [0.1, 0.15) is 56.8 Å². The number of carbonyl (C=O) groups excluding carboxylic acids is 2. The summed E-state index contributed by atoms with van der Waals surface area (Å²) < 4.78 is 5.39. The van der Waals surface area contributed by atoms with Gasteiger partial charge in [0.15, 0.2) is 0 Å². The number of halogens is 1. The van der Waals surface area contributed by atoms with E-state index < -0.39 is 12.2 Å². The Morgan fingerprint density at radius 2 is 1.89 bits per heavy atom. The second-order valence-corrected chi connectivity index (χ2v) is 10.3. The molecule has 3 aliphatic heterocycles. The molecule has 186 valence electrons. The van der Waals surface area contributed by atoms with Crippen molar-refractivity contribution in [2.45, 2.75) is 63.8 Å². The molecule has 0 spiro atoms. The third kappa shape index (κ3) is 4.67. The molecule has 1 aromatic carbocycles. The SMILES string of the molecule is CC(C)NCC(C(=O)N1CC2CCC(C1)N2c1ncnc2c1C(C)OC(=O)N2)c1ccc(Cl)cc1. The quantitative estimate of drug-likeness (QED) is 0.626. The van der Waals surface area contributed by atoms with Gasteiger partial charge in [0.05, 0.1) is 11.5 Å². The van der Waals surface area contributed by atoms with Crippen molar-refractivity contribution in [1.29, 1.82) is 0 Å². The average Bonchev–Trinajstić information content (AvgIpc) is 3.08. The van der Waals surface area contributed by atoms with Crippen molar-refractivity contribution in [3.8, 4) is 0 Å². The van der Waals surface area contributed by atoms with Crippen LogP contribution in [0.3, 0.4) is 0 Å². The molecule has 0 saturated carbocycles. The van der Waals surface area contributed by atoms with Crippen LogP contribution in [0.2, 0.25) is 5.02 Å². The Kier molecular flexibility index (Phi) is 6.55. The number of amides is 2. The molecule has 10 heteroatoms. The molecule has 2 N–H and O–H groups in total. The number of nitrogens with one attached hydrogen (secondary N) is 2. The van der Waals surface area contributed by atoms with E-state index in [9.17, 15) is 9.59 Å². The van der Waals surface area contributed by atoms with Gasteiger partial charge in [0.1, 0.15) is 24.1 Å². The lowest BCUT2D eigenvalue weighted by molar-refractivity contribution is -0.133. The minimum Gasteiger partial charge on any atom is -0.441 e. The summed E-state index contributed by atoms with van der Waals surface area (Å²) in [5.41, 5.74) is 1.76. The first kappa shape index (κ1) is 23.8. The number of benzene rings is 1. The van der Waals surface area contributed by atoms with Crippen LogP contribution in [-0.4, -0.2) is 64.6 Å². The van der Waals surface area contributed by atoms with Crippen LogP contribution >= 0.6 is 11.6 Å². The number of aromatic nitrogens is 2. The maximum absolute atomic E-state index is 13.8. The predicted octanol–water partition coefficient (Wildman–Crippen LogP) is 3.71. The highest BCUT2D eigenvalue weighted by molar-refractivity contribution is 6.30. The minimum atomic E-state index is -0.503. The Morgan fingerprint density at radius 1 is 1.20 bits per heavy atom. The molecule has 3 aliphatic rings. The van der Waals surface area contributed by atoms with E-state index in [-0.39, 0.29) is 30.0 Å². The van der Waals surface area contributed by atoms with Crippen molar-refractivity contribution >= 4 is 35.2 Å². The zero-order valence-corrected chi connectivity index (χ0v) is 21.0. The zero-order valence-electron chi connectivity index (χ0n) is 20.2. The van der Waals surface area contributed by atoms with Crippen LogP contribution < -0.4 is 15.5 Å². The standard InChI is InChI=1S/C25H31ClN6O3/c1-14(2)27-10-20(16-4-6-17(26)7-5-16)24(33)31-11-18-8-9-19(12-31)32(18)23-21-15(3)35-25(34)30-22(21)28-13-29-23/h4-7,13-15,18-20,27H,8-12H2,1-3H3,(H,28,29,30,34). The Balaban J connectivity index is 1.38. The number of fused-ring (bicyclic) bond motifs is 3. The van der Waals surface area contributed by atoms with E-state index in [1.165, 1.54) is 6.33 Å². The summed E-state index contributed by atoms with van der Waals surface area (Å²) >= 11 is 6.10. The first-order valence-corrected chi connectivity index (χ1v) is 12.6. The fraction of sp³-hybridized carbons (Fsp3) is 0.520. The second kappa shape index (κ2) is 9.62. The Morgan fingerprint density at radius 3 is 2.54 bits per heavy atom. The van der Waals surface area contributed by atoms with E-state index in [0.29, 0.717) is 30.5 Å². The van der Waals surface area contributed by atoms with Crippen molar-refractivity contribution in [2.24, 2.45) is 0 Å². The molecule has 4 atom stereocenters. The van der Waals surface area contributed by atoms with Gasteiger partial charge in [0, 0.05) is 42.8 Å². The molecular weight excluding hydrogens is 468 g/mol. The number of cyclic esters (lactones) is 1. The molecule has 2 bridgehead atoms. The van der Waals surface area contributed by atoms with Crippen molar-refractivity contribution in [2.75, 3.05) is 29.9 Å². The molecule has 35 heavy (non-hydrogen) atoms. The van der Waals surface area contributed by atoms with Crippen molar-refractivity contribution < 1.29 is 14.3 Å². The topological polar surface area (TPSA) is 99.7 Å². The number of hydrogen-bond acceptors (Lipinski definition) is 7. The van der Waals surface area contributed by atoms with Gasteiger partial charge in [-0.1, -0.05) is 37.6 Å². The van der Waals surface area contributed by atoms with Gasteiger partial charge in [-0.2, -0.15) is 0 Å². The fourth-order valence-corrected chi connectivity index (χ4v) is 5.58. The zero-order chi connectivity index (χ0) is 24.7. The van der Waals surface area contributed by atoms with Crippen LogP contribution in [0.5, 0.6) is 0 Å². The molecule has 1 aromatic heterocycles. The van der Waals surface area contributed by atoms with E-state index in [1.54, 1.807) is 0 Å². The molecule has 9 nitrogen and oxygen atoms in total. The Labute approximate surface area is 210 Å². The van der Waals surface area contributed by atoms with Crippen molar-refractivity contribution in [1.82, 2.24) is 20.2 Å². The van der Waals surface area contributed by atoms with Crippen molar-refractivity contribution in [3.05, 3.63) is 46.7 Å². The maximum atomic E-state index is 13.8. The van der Waals surface area contributed by atoms with E-state index in [1.807, 2.05) is 36.1 Å². The molecule has 5 rings (SSSR count). The summed E-state index contributed by atoms with van der Waals surface area (Å²) in [6, 6.07) is 8.14. The highest BCUT2D eigenvalue weighted by Gasteiger charge is 2.45. The number of hydrogen-bond donors (Lipinski definition) is 2. The first-order valence-electron chi connectivity index (χ1n) is 12.2. The normalized spacial score (nSPS) is 24.1. The molecule has 2 aromatic rings. The van der Waals surface area contributed by atoms with Crippen LogP contribution in [-0.2, 0) is 9.53 Å². The fourth-order valence-electron chi connectivity index (χ4n) is 5.46. The van der Waals surface area contributed by atoms with Crippen LogP contribution in [0.15, 0.2) is 30.6 Å². The van der Waals surface area contributed by atoms with Gasteiger partial charge in [-0.25, -0.2) is 14.8 Å². The van der Waals surface area contributed by atoms with Crippen LogP contribution in [0.25, 0.3) is 0 Å². The first-order chi connectivity index (χ1) is 16.8. The smallest absolute Gasteiger partial charge is 0.413 e. The van der Waals surface area contributed by atoms with E-state index >= 15 is 0 Å². The molecule has 4 unspecified atom stereocenters. The summed E-state index contributed by atoms with van der Waals surface area (Å²) in [4.78, 5) is 38.8. The van der Waals surface area contributed by atoms with Gasteiger partial charge >= 0.3 is 6.09 Å². The molecular formula is C25H31ClN6O3. The van der Waals surface area contributed by atoms with Gasteiger partial charge in [-0.05, 0) is 37.5 Å². The molecule has 2 saturated heterocycles. The third-order valence-electron chi connectivity index (χ3n) is 7.11. The molecule has 0 radical (unpaired) electrons. The lowest BCUT2D eigenvalue weighted by Gasteiger charge is -2.44.